The number of thiophene rings is 1. The molecule has 1 amide bonds. The molecular formula is C28H36N2O6S2. The van der Waals surface area contributed by atoms with Gasteiger partial charge in [-0.3, -0.25) is 4.79 Å². The summed E-state index contributed by atoms with van der Waals surface area (Å²) < 4.78 is 44.0. The Balaban J connectivity index is 1.84. The highest BCUT2D eigenvalue weighted by molar-refractivity contribution is 7.89. The highest BCUT2D eigenvalue weighted by atomic mass is 32.2. The van der Waals surface area contributed by atoms with Crippen molar-refractivity contribution in [2.45, 2.75) is 31.7 Å². The monoisotopic (exact) mass is 560 g/mol. The number of amides is 1. The summed E-state index contributed by atoms with van der Waals surface area (Å²) >= 11 is 1.62. The van der Waals surface area contributed by atoms with Gasteiger partial charge in [-0.2, -0.15) is 4.31 Å². The van der Waals surface area contributed by atoms with Gasteiger partial charge in [0.05, 0.1) is 38.8 Å². The Hall–Kier alpha value is -2.92. The molecule has 8 nitrogen and oxygen atoms in total. The quantitative estimate of drug-likeness (QED) is 0.293. The largest absolute Gasteiger partial charge is 0.493 e. The van der Waals surface area contributed by atoms with E-state index in [0.717, 1.165) is 20.9 Å². The lowest BCUT2D eigenvalue weighted by atomic mass is 10.1. The molecule has 3 aromatic rings. The zero-order valence-corrected chi connectivity index (χ0v) is 24.2. The number of aryl methyl sites for hydroxylation is 2. The fraction of sp³-hybridized carbons (Fsp3) is 0.393. The van der Waals surface area contributed by atoms with Crippen LogP contribution in [0.1, 0.15) is 20.9 Å². The summed E-state index contributed by atoms with van der Waals surface area (Å²) in [5.41, 5.74) is 1.93. The van der Waals surface area contributed by atoms with Gasteiger partial charge < -0.3 is 19.1 Å². The van der Waals surface area contributed by atoms with Crippen LogP contribution >= 0.6 is 11.3 Å². The van der Waals surface area contributed by atoms with E-state index in [4.69, 9.17) is 14.2 Å². The molecule has 0 unspecified atom stereocenters. The fourth-order valence-electron chi connectivity index (χ4n) is 3.94. The maximum Gasteiger partial charge on any atom is 0.243 e. The van der Waals surface area contributed by atoms with Crippen LogP contribution in [0.3, 0.4) is 0 Å². The van der Waals surface area contributed by atoms with Crippen LogP contribution in [-0.2, 0) is 32.5 Å². The molecule has 0 aliphatic carbocycles. The van der Waals surface area contributed by atoms with Gasteiger partial charge in [-0.25, -0.2) is 8.42 Å². The van der Waals surface area contributed by atoms with Crippen molar-refractivity contribution in [1.82, 2.24) is 9.21 Å². The molecule has 2 aromatic carbocycles. The molecule has 1 aromatic heterocycles. The number of benzene rings is 2. The van der Waals surface area contributed by atoms with E-state index in [2.05, 4.69) is 0 Å². The molecule has 0 aliphatic rings. The molecule has 10 heteroatoms. The first-order valence-corrected chi connectivity index (χ1v) is 14.5. The van der Waals surface area contributed by atoms with Crippen molar-refractivity contribution < 1.29 is 27.4 Å². The van der Waals surface area contributed by atoms with Crippen LogP contribution in [0.2, 0.25) is 0 Å². The van der Waals surface area contributed by atoms with Crippen LogP contribution in [-0.4, -0.2) is 71.1 Å². The van der Waals surface area contributed by atoms with E-state index in [1.54, 1.807) is 54.7 Å². The molecule has 0 bridgehead atoms. The van der Waals surface area contributed by atoms with E-state index in [9.17, 15) is 13.2 Å². The molecule has 38 heavy (non-hydrogen) atoms. The molecule has 206 valence electrons. The second kappa shape index (κ2) is 13.7. The topological polar surface area (TPSA) is 85.4 Å². The Bertz CT molecular complexity index is 1310. The highest BCUT2D eigenvalue weighted by Crippen LogP contribution is 2.28. The Morgan fingerprint density at radius 2 is 1.61 bits per heavy atom. The van der Waals surface area contributed by atoms with Gasteiger partial charge >= 0.3 is 0 Å². The summed E-state index contributed by atoms with van der Waals surface area (Å²) in [5, 5.41) is 0. The summed E-state index contributed by atoms with van der Waals surface area (Å²) in [6.07, 6.45) is 0.569. The number of ether oxygens (including phenoxy) is 3. The maximum absolute atomic E-state index is 13.6. The predicted octanol–water partition coefficient (Wildman–Crippen LogP) is 4.29. The molecule has 1 heterocycles. The van der Waals surface area contributed by atoms with Crippen LogP contribution in [0.15, 0.2) is 59.5 Å². The summed E-state index contributed by atoms with van der Waals surface area (Å²) in [6, 6.07) is 16.3. The number of methoxy groups -OCH3 is 3. The summed E-state index contributed by atoms with van der Waals surface area (Å²) in [5.74, 6) is 0.975. The van der Waals surface area contributed by atoms with Gasteiger partial charge in [-0.15, -0.1) is 11.3 Å². The Morgan fingerprint density at radius 1 is 0.895 bits per heavy atom. The lowest BCUT2D eigenvalue weighted by Crippen LogP contribution is -2.44. The van der Waals surface area contributed by atoms with Crippen LogP contribution in [0, 0.1) is 13.8 Å². The number of nitrogens with zero attached hydrogens (tertiary/aromatic N) is 2. The van der Waals surface area contributed by atoms with Gasteiger partial charge in [0.25, 0.3) is 0 Å². The number of sulfonamides is 1. The Kier molecular flexibility index (Phi) is 10.7. The molecule has 0 spiro atoms. The van der Waals surface area contributed by atoms with E-state index >= 15 is 0 Å². The SMILES string of the molecule is COCCN(CC(=O)N(CCc1ccc(OC)c(OC)c1)Cc1ccc(C)s1)S(=O)(=O)c1ccc(C)cc1. The minimum Gasteiger partial charge on any atom is -0.493 e. The van der Waals surface area contributed by atoms with Gasteiger partial charge in [-0.05, 0) is 62.2 Å². The summed E-state index contributed by atoms with van der Waals surface area (Å²) in [4.78, 5) is 17.7. The third-order valence-electron chi connectivity index (χ3n) is 6.13. The number of carbonyl (C=O) groups excluding carboxylic acids is 1. The molecule has 3 rings (SSSR count). The van der Waals surface area contributed by atoms with Crippen molar-refractivity contribution in [3.8, 4) is 11.5 Å². The smallest absolute Gasteiger partial charge is 0.243 e. The molecule has 0 fully saturated rings. The van der Waals surface area contributed by atoms with Crippen LogP contribution in [0.25, 0.3) is 0 Å². The lowest BCUT2D eigenvalue weighted by molar-refractivity contribution is -0.132. The van der Waals surface area contributed by atoms with Crippen molar-refractivity contribution in [1.29, 1.82) is 0 Å². The molecule has 0 saturated carbocycles. The van der Waals surface area contributed by atoms with E-state index in [1.165, 1.54) is 11.4 Å². The van der Waals surface area contributed by atoms with Gasteiger partial charge in [0.1, 0.15) is 0 Å². The van der Waals surface area contributed by atoms with Crippen molar-refractivity contribution >= 4 is 27.3 Å². The highest BCUT2D eigenvalue weighted by Gasteiger charge is 2.28. The average molecular weight is 561 g/mol. The molecular weight excluding hydrogens is 524 g/mol. The van der Waals surface area contributed by atoms with Crippen LogP contribution < -0.4 is 9.47 Å². The van der Waals surface area contributed by atoms with E-state index < -0.39 is 10.0 Å². The second-order valence-electron chi connectivity index (χ2n) is 8.91. The number of hydrogen-bond donors (Lipinski definition) is 0. The standard InChI is InChI=1S/C28H36N2O6S2/c1-21-6-11-25(12-7-21)38(32,33)30(16-17-34-3)20-28(31)29(19-24-10-8-22(2)37-24)15-14-23-9-13-26(35-4)27(18-23)36-5/h6-13,18H,14-17,19-20H2,1-5H3. The third kappa shape index (κ3) is 7.80. The maximum atomic E-state index is 13.6. The lowest BCUT2D eigenvalue weighted by Gasteiger charge is -2.27. The van der Waals surface area contributed by atoms with Gasteiger partial charge in [0, 0.05) is 30.0 Å². The van der Waals surface area contributed by atoms with Crippen molar-refractivity contribution in [2.75, 3.05) is 47.6 Å². The van der Waals surface area contributed by atoms with Crippen LogP contribution in [0.4, 0.5) is 0 Å². The first kappa shape index (κ1) is 29.6. The first-order valence-electron chi connectivity index (χ1n) is 12.3. The molecule has 0 N–H and O–H groups in total. The Morgan fingerprint density at radius 3 is 2.21 bits per heavy atom. The molecule has 0 saturated heterocycles. The predicted molar refractivity (Wildman–Crippen MR) is 150 cm³/mol. The van der Waals surface area contributed by atoms with Crippen LogP contribution in [0.5, 0.6) is 11.5 Å². The molecule has 0 aliphatic heterocycles. The number of hydrogen-bond acceptors (Lipinski definition) is 7. The first-order chi connectivity index (χ1) is 18.2. The zero-order valence-electron chi connectivity index (χ0n) is 22.6. The number of rotatable bonds is 14. The minimum absolute atomic E-state index is 0.0695. The van der Waals surface area contributed by atoms with Gasteiger partial charge in [0.2, 0.25) is 15.9 Å². The van der Waals surface area contributed by atoms with E-state index in [1.807, 2.05) is 44.2 Å². The fourth-order valence-corrected chi connectivity index (χ4v) is 6.22. The Labute approximate surface area is 229 Å². The summed E-state index contributed by atoms with van der Waals surface area (Å²) in [6.45, 7) is 4.68. The molecule has 0 radical (unpaired) electrons. The van der Waals surface area contributed by atoms with Crippen molar-refractivity contribution in [3.05, 3.63) is 75.5 Å². The zero-order chi connectivity index (χ0) is 27.7. The average Bonchev–Trinajstić information content (AvgIpc) is 3.33. The number of carbonyl (C=O) groups is 1. The normalized spacial score (nSPS) is 11.5. The van der Waals surface area contributed by atoms with Crippen molar-refractivity contribution in [2.24, 2.45) is 0 Å². The van der Waals surface area contributed by atoms with Gasteiger partial charge in [0.15, 0.2) is 11.5 Å². The van der Waals surface area contributed by atoms with E-state index in [0.29, 0.717) is 31.0 Å². The minimum atomic E-state index is -3.89. The third-order valence-corrected chi connectivity index (χ3v) is 8.97. The van der Waals surface area contributed by atoms with Gasteiger partial charge in [-0.1, -0.05) is 23.8 Å². The molecule has 0 atom stereocenters. The second-order valence-corrected chi connectivity index (χ2v) is 12.2. The van der Waals surface area contributed by atoms with Crippen molar-refractivity contribution in [3.63, 3.8) is 0 Å². The summed E-state index contributed by atoms with van der Waals surface area (Å²) in [7, 11) is 0.781. The van der Waals surface area contributed by atoms with E-state index in [-0.39, 0.29) is 30.5 Å².